The second-order valence-corrected chi connectivity index (χ2v) is 5.44. The van der Waals surface area contributed by atoms with E-state index in [0.29, 0.717) is 0 Å². The normalized spacial score (nSPS) is 16.2. The van der Waals surface area contributed by atoms with Gasteiger partial charge in [-0.15, -0.1) is 0 Å². The zero-order chi connectivity index (χ0) is 13.1. The zero-order valence-corrected chi connectivity index (χ0v) is 10.8. The largest absolute Gasteiger partial charge is 0.481 e. The molecular formula is C13H21NO3. The first kappa shape index (κ1) is 13.7. The maximum Gasteiger partial charge on any atom is 0.305 e. The van der Waals surface area contributed by atoms with E-state index in [9.17, 15) is 9.59 Å². The fourth-order valence-electron chi connectivity index (χ4n) is 2.02. The molecule has 1 rings (SSSR count). The Morgan fingerprint density at radius 1 is 1.29 bits per heavy atom. The summed E-state index contributed by atoms with van der Waals surface area (Å²) in [5.74, 6) is -0.789. The highest BCUT2D eigenvalue weighted by Crippen LogP contribution is 2.24. The first-order valence-corrected chi connectivity index (χ1v) is 6.00. The standard InChI is InChI=1S/C13H21NO3/c1-13(2,3)14(9-8-11(15)16)12(17)10-6-4-5-7-10/h4-5,10H,6-9H2,1-3H3,(H,15,16). The van der Waals surface area contributed by atoms with Crippen LogP contribution >= 0.6 is 0 Å². The Kier molecular flexibility index (Phi) is 4.32. The predicted molar refractivity (Wildman–Crippen MR) is 65.6 cm³/mol. The molecule has 1 N–H and O–H groups in total. The van der Waals surface area contributed by atoms with Crippen molar-refractivity contribution < 1.29 is 14.7 Å². The maximum atomic E-state index is 12.3. The smallest absolute Gasteiger partial charge is 0.305 e. The minimum absolute atomic E-state index is 0.00280. The summed E-state index contributed by atoms with van der Waals surface area (Å²) in [7, 11) is 0. The Bertz CT molecular complexity index is 320. The summed E-state index contributed by atoms with van der Waals surface area (Å²) in [6.07, 6.45) is 5.58. The van der Waals surface area contributed by atoms with E-state index in [-0.39, 0.29) is 30.3 Å². The maximum absolute atomic E-state index is 12.3. The van der Waals surface area contributed by atoms with Crippen LogP contribution in [0, 0.1) is 5.92 Å². The Morgan fingerprint density at radius 3 is 2.24 bits per heavy atom. The molecule has 0 bridgehead atoms. The van der Waals surface area contributed by atoms with E-state index in [2.05, 4.69) is 0 Å². The van der Waals surface area contributed by atoms with E-state index in [1.807, 2.05) is 32.9 Å². The summed E-state index contributed by atoms with van der Waals surface area (Å²) in [6, 6.07) is 0. The minimum Gasteiger partial charge on any atom is -0.481 e. The van der Waals surface area contributed by atoms with Gasteiger partial charge in [0.25, 0.3) is 0 Å². The van der Waals surface area contributed by atoms with Crippen LogP contribution in [0.3, 0.4) is 0 Å². The number of carboxylic acids is 1. The highest BCUT2D eigenvalue weighted by atomic mass is 16.4. The summed E-state index contributed by atoms with van der Waals surface area (Å²) in [4.78, 5) is 24.6. The van der Waals surface area contributed by atoms with E-state index in [1.54, 1.807) is 4.90 Å². The summed E-state index contributed by atoms with van der Waals surface area (Å²) in [6.45, 7) is 6.10. The number of nitrogens with zero attached hydrogens (tertiary/aromatic N) is 1. The number of hydrogen-bond acceptors (Lipinski definition) is 2. The molecule has 0 radical (unpaired) electrons. The van der Waals surface area contributed by atoms with Gasteiger partial charge in [0.05, 0.1) is 6.42 Å². The molecule has 1 aliphatic carbocycles. The lowest BCUT2D eigenvalue weighted by Gasteiger charge is -2.37. The molecule has 0 aromatic rings. The molecule has 0 saturated heterocycles. The lowest BCUT2D eigenvalue weighted by molar-refractivity contribution is -0.142. The van der Waals surface area contributed by atoms with Crippen LogP contribution in [0.1, 0.15) is 40.0 Å². The van der Waals surface area contributed by atoms with Crippen molar-refractivity contribution in [1.82, 2.24) is 4.90 Å². The third kappa shape index (κ3) is 3.88. The first-order valence-electron chi connectivity index (χ1n) is 6.00. The molecule has 0 aliphatic heterocycles. The van der Waals surface area contributed by atoms with Gasteiger partial charge in [-0.1, -0.05) is 12.2 Å². The number of allylic oxidation sites excluding steroid dienone is 2. The number of amides is 1. The van der Waals surface area contributed by atoms with Crippen LogP contribution < -0.4 is 0 Å². The number of aliphatic carboxylic acids is 1. The van der Waals surface area contributed by atoms with Crippen LogP contribution in [0.4, 0.5) is 0 Å². The molecular weight excluding hydrogens is 218 g/mol. The number of carboxylic acid groups (broad SMARTS) is 1. The van der Waals surface area contributed by atoms with Crippen molar-refractivity contribution in [2.45, 2.75) is 45.6 Å². The molecule has 0 atom stereocenters. The molecule has 0 spiro atoms. The summed E-state index contributed by atoms with van der Waals surface area (Å²) in [5, 5.41) is 8.72. The molecule has 0 heterocycles. The topological polar surface area (TPSA) is 57.6 Å². The van der Waals surface area contributed by atoms with Crippen molar-refractivity contribution in [3.63, 3.8) is 0 Å². The summed E-state index contributed by atoms with van der Waals surface area (Å²) in [5.41, 5.74) is -0.324. The molecule has 0 aromatic carbocycles. The average Bonchev–Trinajstić information content (AvgIpc) is 2.67. The molecule has 17 heavy (non-hydrogen) atoms. The molecule has 96 valence electrons. The Morgan fingerprint density at radius 2 is 1.82 bits per heavy atom. The fraction of sp³-hybridized carbons (Fsp3) is 0.692. The van der Waals surface area contributed by atoms with Gasteiger partial charge in [-0.2, -0.15) is 0 Å². The summed E-state index contributed by atoms with van der Waals surface area (Å²) < 4.78 is 0. The van der Waals surface area contributed by atoms with Crippen molar-refractivity contribution in [3.05, 3.63) is 12.2 Å². The van der Waals surface area contributed by atoms with E-state index in [0.717, 1.165) is 12.8 Å². The van der Waals surface area contributed by atoms with Crippen LogP contribution in [0.25, 0.3) is 0 Å². The van der Waals surface area contributed by atoms with Gasteiger partial charge < -0.3 is 10.0 Å². The lowest BCUT2D eigenvalue weighted by Crippen LogP contribution is -2.48. The van der Waals surface area contributed by atoms with Gasteiger partial charge in [-0.3, -0.25) is 9.59 Å². The van der Waals surface area contributed by atoms with Gasteiger partial charge in [0.1, 0.15) is 0 Å². The van der Waals surface area contributed by atoms with E-state index in [1.165, 1.54) is 0 Å². The van der Waals surface area contributed by atoms with Crippen LogP contribution in [-0.2, 0) is 9.59 Å². The Labute approximate surface area is 102 Å². The molecule has 1 amide bonds. The highest BCUT2D eigenvalue weighted by molar-refractivity contribution is 5.81. The Balaban J connectivity index is 2.68. The van der Waals surface area contributed by atoms with Crippen molar-refractivity contribution in [2.24, 2.45) is 5.92 Å². The van der Waals surface area contributed by atoms with Crippen molar-refractivity contribution in [3.8, 4) is 0 Å². The van der Waals surface area contributed by atoms with Gasteiger partial charge in [-0.05, 0) is 33.6 Å². The van der Waals surface area contributed by atoms with E-state index >= 15 is 0 Å². The van der Waals surface area contributed by atoms with Crippen molar-refractivity contribution in [2.75, 3.05) is 6.54 Å². The second-order valence-electron chi connectivity index (χ2n) is 5.44. The third-order valence-electron chi connectivity index (χ3n) is 2.98. The molecule has 0 saturated carbocycles. The van der Waals surface area contributed by atoms with E-state index in [4.69, 9.17) is 5.11 Å². The van der Waals surface area contributed by atoms with Crippen molar-refractivity contribution >= 4 is 11.9 Å². The number of carbonyl (C=O) groups excluding carboxylic acids is 1. The zero-order valence-electron chi connectivity index (χ0n) is 10.8. The Hall–Kier alpha value is -1.32. The first-order chi connectivity index (χ1) is 7.82. The second kappa shape index (κ2) is 5.34. The van der Waals surface area contributed by atoms with Crippen LogP contribution in [0.15, 0.2) is 12.2 Å². The predicted octanol–water partition coefficient (Wildman–Crippen LogP) is 2.05. The molecule has 0 aromatic heterocycles. The summed E-state index contributed by atoms with van der Waals surface area (Å²) >= 11 is 0. The molecule has 4 heteroatoms. The van der Waals surface area contributed by atoms with Crippen LogP contribution in [0.5, 0.6) is 0 Å². The molecule has 0 fully saturated rings. The molecule has 1 aliphatic rings. The van der Waals surface area contributed by atoms with Crippen LogP contribution in [0.2, 0.25) is 0 Å². The van der Waals surface area contributed by atoms with Gasteiger partial charge in [0.2, 0.25) is 5.91 Å². The van der Waals surface area contributed by atoms with Gasteiger partial charge in [0, 0.05) is 18.0 Å². The third-order valence-corrected chi connectivity index (χ3v) is 2.98. The number of carbonyl (C=O) groups is 2. The fourth-order valence-corrected chi connectivity index (χ4v) is 2.02. The van der Waals surface area contributed by atoms with Crippen LogP contribution in [-0.4, -0.2) is 34.0 Å². The average molecular weight is 239 g/mol. The molecule has 4 nitrogen and oxygen atoms in total. The minimum atomic E-state index is -0.864. The number of rotatable bonds is 4. The van der Waals surface area contributed by atoms with Gasteiger partial charge in [0.15, 0.2) is 0 Å². The van der Waals surface area contributed by atoms with Gasteiger partial charge in [-0.25, -0.2) is 0 Å². The SMILES string of the molecule is CC(C)(C)N(CCC(=O)O)C(=O)C1CC=CC1. The number of hydrogen-bond donors (Lipinski definition) is 1. The molecule has 0 unspecified atom stereocenters. The monoisotopic (exact) mass is 239 g/mol. The quantitative estimate of drug-likeness (QED) is 0.764. The van der Waals surface area contributed by atoms with Gasteiger partial charge >= 0.3 is 5.97 Å². The van der Waals surface area contributed by atoms with Crippen molar-refractivity contribution in [1.29, 1.82) is 0 Å². The van der Waals surface area contributed by atoms with E-state index < -0.39 is 5.97 Å². The lowest BCUT2D eigenvalue weighted by atomic mass is 9.99. The highest BCUT2D eigenvalue weighted by Gasteiger charge is 2.31.